The summed E-state index contributed by atoms with van der Waals surface area (Å²) < 4.78 is 22.1. The van der Waals surface area contributed by atoms with E-state index >= 15 is 0 Å². The number of carbonyl (C=O) groups is 1. The van der Waals surface area contributed by atoms with Crippen LogP contribution in [0.15, 0.2) is 60.8 Å². The number of rotatable bonds is 7. The van der Waals surface area contributed by atoms with E-state index in [-0.39, 0.29) is 18.1 Å². The van der Waals surface area contributed by atoms with E-state index in [1.807, 2.05) is 36.4 Å². The van der Waals surface area contributed by atoms with Crippen LogP contribution in [0, 0.1) is 0 Å². The maximum absolute atomic E-state index is 13.3. The van der Waals surface area contributed by atoms with Crippen molar-refractivity contribution in [2.45, 2.75) is 18.3 Å². The number of methoxy groups -OCH3 is 1. The van der Waals surface area contributed by atoms with Gasteiger partial charge < -0.3 is 29.6 Å². The van der Waals surface area contributed by atoms with Crippen LogP contribution in [0.5, 0.6) is 17.2 Å². The molecule has 2 aromatic carbocycles. The van der Waals surface area contributed by atoms with Crippen molar-refractivity contribution in [2.75, 3.05) is 39.0 Å². The van der Waals surface area contributed by atoms with E-state index in [4.69, 9.17) is 18.9 Å². The molecule has 1 fully saturated rings. The van der Waals surface area contributed by atoms with Crippen LogP contribution in [0.4, 0.5) is 11.5 Å². The smallest absolute Gasteiger partial charge is 0.255 e. The highest BCUT2D eigenvalue weighted by Gasteiger charge is 2.36. The van der Waals surface area contributed by atoms with Crippen molar-refractivity contribution >= 4 is 17.4 Å². The van der Waals surface area contributed by atoms with E-state index < -0.39 is 0 Å². The predicted octanol–water partition coefficient (Wildman–Crippen LogP) is 4.04. The van der Waals surface area contributed by atoms with Gasteiger partial charge in [0, 0.05) is 31.4 Å². The van der Waals surface area contributed by atoms with Gasteiger partial charge >= 0.3 is 0 Å². The van der Waals surface area contributed by atoms with Crippen LogP contribution in [0.2, 0.25) is 0 Å². The Hall–Kier alpha value is -3.78. The summed E-state index contributed by atoms with van der Waals surface area (Å²) in [5, 5.41) is 6.39. The summed E-state index contributed by atoms with van der Waals surface area (Å²) in [4.78, 5) is 17.7. The summed E-state index contributed by atoms with van der Waals surface area (Å²) in [5.41, 5.74) is 2.05. The first-order valence-corrected chi connectivity index (χ1v) is 11.3. The number of anilines is 2. The molecule has 0 aliphatic carbocycles. The van der Waals surface area contributed by atoms with Crippen LogP contribution < -0.4 is 24.8 Å². The van der Waals surface area contributed by atoms with E-state index in [0.717, 1.165) is 35.6 Å². The number of nitrogens with zero attached hydrogens (tertiary/aromatic N) is 1. The Labute approximate surface area is 198 Å². The zero-order valence-electron chi connectivity index (χ0n) is 19.0. The molecule has 176 valence electrons. The van der Waals surface area contributed by atoms with Crippen molar-refractivity contribution < 1.29 is 23.7 Å². The Kier molecular flexibility index (Phi) is 6.22. The van der Waals surface area contributed by atoms with Crippen molar-refractivity contribution in [3.8, 4) is 17.2 Å². The molecule has 5 rings (SSSR count). The van der Waals surface area contributed by atoms with E-state index in [2.05, 4.69) is 21.7 Å². The number of para-hydroxylation sites is 2. The standard InChI is InChI=1S/C26H27N3O5/c1-31-21-7-3-2-6-20(21)29-24-19(5-4-12-27-24)25(30)28-16-26(10-13-32-14-11-26)18-8-9-22-23(15-18)34-17-33-22/h2-9,12,15H,10-11,13-14,16-17H2,1H3,(H,27,29)(H,28,30). The molecule has 2 aliphatic rings. The number of carbonyl (C=O) groups excluding carboxylic acids is 1. The first-order valence-electron chi connectivity index (χ1n) is 11.3. The largest absolute Gasteiger partial charge is 0.495 e. The van der Waals surface area contributed by atoms with Crippen LogP contribution in [0.1, 0.15) is 28.8 Å². The fraction of sp³-hybridized carbons (Fsp3) is 0.308. The zero-order chi connectivity index (χ0) is 23.4. The molecule has 0 spiro atoms. The molecule has 3 heterocycles. The Balaban J connectivity index is 1.37. The summed E-state index contributed by atoms with van der Waals surface area (Å²) in [7, 11) is 1.61. The van der Waals surface area contributed by atoms with Crippen LogP contribution in [-0.2, 0) is 10.2 Å². The number of benzene rings is 2. The summed E-state index contributed by atoms with van der Waals surface area (Å²) >= 11 is 0. The van der Waals surface area contributed by atoms with Gasteiger partial charge in [0.25, 0.3) is 5.91 Å². The van der Waals surface area contributed by atoms with Crippen LogP contribution in [-0.4, -0.2) is 44.6 Å². The van der Waals surface area contributed by atoms with Gasteiger partial charge in [0.2, 0.25) is 6.79 Å². The highest BCUT2D eigenvalue weighted by molar-refractivity contribution is 5.99. The second-order valence-electron chi connectivity index (χ2n) is 8.37. The van der Waals surface area contributed by atoms with E-state index in [0.29, 0.717) is 36.9 Å². The topological polar surface area (TPSA) is 90.9 Å². The lowest BCUT2D eigenvalue weighted by Crippen LogP contribution is -2.44. The van der Waals surface area contributed by atoms with Crippen molar-refractivity contribution in [3.05, 3.63) is 71.9 Å². The van der Waals surface area contributed by atoms with Gasteiger partial charge in [-0.15, -0.1) is 0 Å². The fourth-order valence-corrected chi connectivity index (χ4v) is 4.46. The average molecular weight is 462 g/mol. The summed E-state index contributed by atoms with van der Waals surface area (Å²) in [6.07, 6.45) is 3.25. The minimum Gasteiger partial charge on any atom is -0.495 e. The highest BCUT2D eigenvalue weighted by atomic mass is 16.7. The summed E-state index contributed by atoms with van der Waals surface area (Å²) in [6.45, 7) is 1.97. The molecular weight excluding hydrogens is 434 g/mol. The van der Waals surface area contributed by atoms with Crippen molar-refractivity contribution in [3.63, 3.8) is 0 Å². The zero-order valence-corrected chi connectivity index (χ0v) is 19.0. The second-order valence-corrected chi connectivity index (χ2v) is 8.37. The molecule has 3 aromatic rings. The minimum absolute atomic E-state index is 0.197. The van der Waals surface area contributed by atoms with Gasteiger partial charge in [-0.2, -0.15) is 0 Å². The molecule has 8 nitrogen and oxygen atoms in total. The number of ether oxygens (including phenoxy) is 4. The van der Waals surface area contributed by atoms with Gasteiger partial charge in [-0.1, -0.05) is 18.2 Å². The fourth-order valence-electron chi connectivity index (χ4n) is 4.46. The van der Waals surface area contributed by atoms with E-state index in [9.17, 15) is 4.79 Å². The van der Waals surface area contributed by atoms with Crippen molar-refractivity contribution in [1.82, 2.24) is 10.3 Å². The second kappa shape index (κ2) is 9.61. The molecule has 34 heavy (non-hydrogen) atoms. The third-order valence-electron chi connectivity index (χ3n) is 6.43. The van der Waals surface area contributed by atoms with Crippen LogP contribution in [0.25, 0.3) is 0 Å². The van der Waals surface area contributed by atoms with E-state index in [1.165, 1.54) is 0 Å². The SMILES string of the molecule is COc1ccccc1Nc1ncccc1C(=O)NCC1(c2ccc3c(c2)OCO3)CCOCC1. The van der Waals surface area contributed by atoms with Gasteiger partial charge in [-0.25, -0.2) is 4.98 Å². The number of hydrogen-bond acceptors (Lipinski definition) is 7. The lowest BCUT2D eigenvalue weighted by atomic mass is 9.74. The lowest BCUT2D eigenvalue weighted by molar-refractivity contribution is 0.0486. The molecular formula is C26H27N3O5. The normalized spacial score (nSPS) is 16.0. The molecule has 1 saturated heterocycles. The lowest BCUT2D eigenvalue weighted by Gasteiger charge is -2.38. The Morgan fingerprint density at radius 2 is 1.88 bits per heavy atom. The number of aromatic nitrogens is 1. The third kappa shape index (κ3) is 4.36. The molecule has 8 heteroatoms. The Bertz CT molecular complexity index is 1180. The first kappa shape index (κ1) is 22.0. The minimum atomic E-state index is -0.257. The maximum Gasteiger partial charge on any atom is 0.255 e. The molecule has 0 atom stereocenters. The third-order valence-corrected chi connectivity index (χ3v) is 6.43. The van der Waals surface area contributed by atoms with E-state index in [1.54, 1.807) is 25.4 Å². The van der Waals surface area contributed by atoms with Gasteiger partial charge in [0.1, 0.15) is 11.6 Å². The first-order chi connectivity index (χ1) is 16.7. The maximum atomic E-state index is 13.3. The number of pyridine rings is 1. The Morgan fingerprint density at radius 1 is 1.06 bits per heavy atom. The summed E-state index contributed by atoms with van der Waals surface area (Å²) in [6, 6.07) is 17.1. The predicted molar refractivity (Wildman–Crippen MR) is 127 cm³/mol. The number of hydrogen-bond donors (Lipinski definition) is 2. The molecule has 2 N–H and O–H groups in total. The molecule has 0 unspecified atom stereocenters. The molecule has 2 aliphatic heterocycles. The van der Waals surface area contributed by atoms with Crippen LogP contribution in [0.3, 0.4) is 0 Å². The van der Waals surface area contributed by atoms with Gasteiger partial charge in [-0.3, -0.25) is 4.79 Å². The molecule has 1 aromatic heterocycles. The van der Waals surface area contributed by atoms with Crippen molar-refractivity contribution in [1.29, 1.82) is 0 Å². The van der Waals surface area contributed by atoms with Gasteiger partial charge in [0.05, 0.1) is 18.4 Å². The summed E-state index contributed by atoms with van der Waals surface area (Å²) in [5.74, 6) is 2.43. The molecule has 1 amide bonds. The molecule has 0 bridgehead atoms. The monoisotopic (exact) mass is 461 g/mol. The van der Waals surface area contributed by atoms with Gasteiger partial charge in [-0.05, 0) is 54.8 Å². The van der Waals surface area contributed by atoms with Crippen molar-refractivity contribution in [2.24, 2.45) is 0 Å². The Morgan fingerprint density at radius 3 is 2.74 bits per heavy atom. The molecule has 0 saturated carbocycles. The van der Waals surface area contributed by atoms with Gasteiger partial charge in [0.15, 0.2) is 11.5 Å². The number of nitrogens with one attached hydrogen (secondary N) is 2. The number of amides is 1. The average Bonchev–Trinajstić information content (AvgIpc) is 3.37. The van der Waals surface area contributed by atoms with Crippen LogP contribution >= 0.6 is 0 Å². The highest BCUT2D eigenvalue weighted by Crippen LogP contribution is 2.40. The number of fused-ring (bicyclic) bond motifs is 1. The molecule has 0 radical (unpaired) electrons. The quantitative estimate of drug-likeness (QED) is 0.549.